The number of para-hydroxylation sites is 1. The first-order chi connectivity index (χ1) is 15.5. The van der Waals surface area contributed by atoms with Crippen LogP contribution in [0.1, 0.15) is 30.9 Å². The molecule has 6 nitrogen and oxygen atoms in total. The zero-order chi connectivity index (χ0) is 22.5. The van der Waals surface area contributed by atoms with E-state index in [0.29, 0.717) is 12.0 Å². The van der Waals surface area contributed by atoms with E-state index in [1.54, 1.807) is 0 Å². The molecule has 1 aliphatic rings. The summed E-state index contributed by atoms with van der Waals surface area (Å²) in [4.78, 5) is 11.7. The van der Waals surface area contributed by atoms with Crippen LogP contribution in [0, 0.1) is 13.8 Å². The molecule has 7 heteroatoms. The molecule has 1 aromatic heterocycles. The van der Waals surface area contributed by atoms with E-state index in [0.717, 1.165) is 53.1 Å². The van der Waals surface area contributed by atoms with Gasteiger partial charge in [0.2, 0.25) is 0 Å². The van der Waals surface area contributed by atoms with Gasteiger partial charge in [-0.3, -0.25) is 9.89 Å². The number of nitrogens with zero attached hydrogens (tertiary/aromatic N) is 3. The predicted molar refractivity (Wildman–Crippen MR) is 134 cm³/mol. The fourth-order valence-electron chi connectivity index (χ4n) is 4.13. The number of ether oxygens (including phenoxy) is 1. The van der Waals surface area contributed by atoms with Gasteiger partial charge in [-0.25, -0.2) is 4.98 Å². The molecule has 1 unspecified atom stereocenters. The number of aryl methyl sites for hydroxylation is 2. The highest BCUT2D eigenvalue weighted by Gasteiger charge is 2.22. The number of nitrogens with two attached hydrogens (primary N) is 1. The number of rotatable bonds is 7. The van der Waals surface area contributed by atoms with E-state index in [2.05, 4.69) is 48.1 Å². The summed E-state index contributed by atoms with van der Waals surface area (Å²) in [6, 6.07) is 14.6. The SMILES string of the molecule is CCN1CCCC1CN=C(N)Nc1nc(-c2ccccc2Oc2ccc(C)cc2C)cs1. The fraction of sp³-hybridized carbons (Fsp3) is 0.360. The highest BCUT2D eigenvalue weighted by molar-refractivity contribution is 7.14. The predicted octanol–water partition coefficient (Wildman–Crippen LogP) is 5.43. The minimum Gasteiger partial charge on any atom is -0.456 e. The van der Waals surface area contributed by atoms with Gasteiger partial charge in [0, 0.05) is 17.0 Å². The third kappa shape index (κ3) is 5.29. The second-order valence-corrected chi connectivity index (χ2v) is 9.04. The zero-order valence-electron chi connectivity index (χ0n) is 19.0. The van der Waals surface area contributed by atoms with Crippen molar-refractivity contribution in [2.75, 3.05) is 25.0 Å². The van der Waals surface area contributed by atoms with E-state index < -0.39 is 0 Å². The molecule has 1 saturated heterocycles. The summed E-state index contributed by atoms with van der Waals surface area (Å²) < 4.78 is 6.25. The monoisotopic (exact) mass is 449 g/mol. The van der Waals surface area contributed by atoms with E-state index in [9.17, 15) is 0 Å². The van der Waals surface area contributed by atoms with Crippen LogP contribution in [-0.2, 0) is 0 Å². The number of likely N-dealkylation sites (tertiary alicyclic amines) is 1. The van der Waals surface area contributed by atoms with Crippen LogP contribution in [0.25, 0.3) is 11.3 Å². The first-order valence-electron chi connectivity index (χ1n) is 11.1. The quantitative estimate of drug-likeness (QED) is 0.372. The summed E-state index contributed by atoms with van der Waals surface area (Å²) in [7, 11) is 0. The van der Waals surface area contributed by atoms with Gasteiger partial charge in [0.15, 0.2) is 11.1 Å². The van der Waals surface area contributed by atoms with Crippen LogP contribution in [-0.4, -0.2) is 41.5 Å². The number of hydrogen-bond acceptors (Lipinski definition) is 5. The summed E-state index contributed by atoms with van der Waals surface area (Å²) in [6.07, 6.45) is 2.42. The van der Waals surface area contributed by atoms with E-state index in [4.69, 9.17) is 15.5 Å². The average Bonchev–Trinajstić information content (AvgIpc) is 3.44. The summed E-state index contributed by atoms with van der Waals surface area (Å²) in [5.74, 6) is 2.04. The van der Waals surface area contributed by atoms with Gasteiger partial charge in [0.05, 0.1) is 12.2 Å². The minimum absolute atomic E-state index is 0.411. The average molecular weight is 450 g/mol. The number of likely N-dealkylation sites (N-methyl/N-ethyl adjacent to an activating group) is 1. The first-order valence-corrected chi connectivity index (χ1v) is 12.0. The minimum atomic E-state index is 0.411. The second-order valence-electron chi connectivity index (χ2n) is 8.18. The molecular formula is C25H31N5OS. The summed E-state index contributed by atoms with van der Waals surface area (Å²) in [5.41, 5.74) is 10.2. The fourth-order valence-corrected chi connectivity index (χ4v) is 4.84. The van der Waals surface area contributed by atoms with Gasteiger partial charge in [0.25, 0.3) is 0 Å². The van der Waals surface area contributed by atoms with Crippen LogP contribution in [0.4, 0.5) is 5.13 Å². The second kappa shape index (κ2) is 10.1. The molecule has 1 atom stereocenters. The number of guanidine groups is 1. The van der Waals surface area contributed by atoms with Crippen LogP contribution in [0.2, 0.25) is 0 Å². The standard InChI is InChI=1S/C25H31N5OS/c1-4-30-13-7-8-19(30)15-27-24(26)29-25-28-21(16-32-25)20-9-5-6-10-23(20)31-22-12-11-17(2)14-18(22)3/h5-6,9-12,14,16,19H,4,7-8,13,15H2,1-3H3,(H3,26,27,28,29). The number of aromatic nitrogens is 1. The lowest BCUT2D eigenvalue weighted by Gasteiger charge is -2.20. The van der Waals surface area contributed by atoms with E-state index in [1.165, 1.54) is 29.7 Å². The van der Waals surface area contributed by atoms with Crippen molar-refractivity contribution in [1.82, 2.24) is 9.88 Å². The van der Waals surface area contributed by atoms with Crippen LogP contribution in [0.15, 0.2) is 52.8 Å². The van der Waals surface area contributed by atoms with Crippen molar-refractivity contribution < 1.29 is 4.74 Å². The lowest BCUT2D eigenvalue weighted by atomic mass is 10.1. The first kappa shape index (κ1) is 22.3. The molecule has 2 aromatic carbocycles. The van der Waals surface area contributed by atoms with Crippen molar-refractivity contribution in [2.45, 2.75) is 39.7 Å². The van der Waals surface area contributed by atoms with Gasteiger partial charge >= 0.3 is 0 Å². The molecule has 0 radical (unpaired) electrons. The zero-order valence-corrected chi connectivity index (χ0v) is 19.8. The number of anilines is 1. The molecule has 32 heavy (non-hydrogen) atoms. The normalized spacial score (nSPS) is 17.0. The third-order valence-electron chi connectivity index (χ3n) is 5.83. The van der Waals surface area contributed by atoms with Gasteiger partial charge in [-0.1, -0.05) is 36.8 Å². The Balaban J connectivity index is 1.46. The largest absolute Gasteiger partial charge is 0.456 e. The molecule has 168 valence electrons. The Bertz CT molecular complexity index is 1090. The van der Waals surface area contributed by atoms with Gasteiger partial charge in [-0.05, 0) is 63.5 Å². The lowest BCUT2D eigenvalue weighted by molar-refractivity contribution is 0.273. The van der Waals surface area contributed by atoms with Gasteiger partial charge in [-0.2, -0.15) is 0 Å². The Morgan fingerprint density at radius 1 is 1.25 bits per heavy atom. The lowest BCUT2D eigenvalue weighted by Crippen LogP contribution is -2.33. The highest BCUT2D eigenvalue weighted by atomic mass is 32.1. The third-order valence-corrected chi connectivity index (χ3v) is 6.59. The molecule has 1 aliphatic heterocycles. The maximum atomic E-state index is 6.25. The Morgan fingerprint density at radius 2 is 2.09 bits per heavy atom. The van der Waals surface area contributed by atoms with Crippen molar-refractivity contribution in [1.29, 1.82) is 0 Å². The van der Waals surface area contributed by atoms with E-state index in [-0.39, 0.29) is 0 Å². The van der Waals surface area contributed by atoms with Crippen molar-refractivity contribution in [3.05, 3.63) is 59.0 Å². The molecule has 3 N–H and O–H groups in total. The molecular weight excluding hydrogens is 418 g/mol. The van der Waals surface area contributed by atoms with Gasteiger partial charge < -0.3 is 15.8 Å². The molecule has 0 aliphatic carbocycles. The van der Waals surface area contributed by atoms with Crippen LogP contribution in [0.5, 0.6) is 11.5 Å². The molecule has 0 amide bonds. The van der Waals surface area contributed by atoms with Gasteiger partial charge in [0.1, 0.15) is 11.5 Å². The number of thiazole rings is 1. The number of nitrogens with one attached hydrogen (secondary N) is 1. The summed E-state index contributed by atoms with van der Waals surface area (Å²) in [5, 5.41) is 5.88. The topological polar surface area (TPSA) is 75.8 Å². The van der Waals surface area contributed by atoms with Crippen LogP contribution < -0.4 is 15.8 Å². The number of hydrogen-bond donors (Lipinski definition) is 2. The van der Waals surface area contributed by atoms with E-state index >= 15 is 0 Å². The molecule has 0 saturated carbocycles. The van der Waals surface area contributed by atoms with Crippen molar-refractivity contribution in [2.24, 2.45) is 10.7 Å². The van der Waals surface area contributed by atoms with Gasteiger partial charge in [-0.15, -0.1) is 11.3 Å². The maximum absolute atomic E-state index is 6.25. The van der Waals surface area contributed by atoms with Crippen LogP contribution >= 0.6 is 11.3 Å². The molecule has 3 aromatic rings. The molecule has 1 fully saturated rings. The van der Waals surface area contributed by atoms with Crippen LogP contribution in [0.3, 0.4) is 0 Å². The van der Waals surface area contributed by atoms with Crippen molar-refractivity contribution in [3.63, 3.8) is 0 Å². The number of aliphatic imine (C=N–C) groups is 1. The Labute approximate surface area is 194 Å². The van der Waals surface area contributed by atoms with Crippen molar-refractivity contribution >= 4 is 22.4 Å². The molecule has 0 spiro atoms. The molecule has 0 bridgehead atoms. The summed E-state index contributed by atoms with van der Waals surface area (Å²) in [6.45, 7) is 9.27. The Kier molecular flexibility index (Phi) is 7.07. The smallest absolute Gasteiger partial charge is 0.194 e. The highest BCUT2D eigenvalue weighted by Crippen LogP contribution is 2.35. The van der Waals surface area contributed by atoms with E-state index in [1.807, 2.05) is 35.7 Å². The van der Waals surface area contributed by atoms with Crippen molar-refractivity contribution in [3.8, 4) is 22.8 Å². The number of benzene rings is 2. The Hall–Kier alpha value is -2.90. The maximum Gasteiger partial charge on any atom is 0.194 e. The molecule has 2 heterocycles. The summed E-state index contributed by atoms with van der Waals surface area (Å²) >= 11 is 1.51. The molecule has 4 rings (SSSR count). The Morgan fingerprint density at radius 3 is 2.91 bits per heavy atom.